The van der Waals surface area contributed by atoms with Crippen molar-refractivity contribution in [3.8, 4) is 0 Å². The van der Waals surface area contributed by atoms with E-state index in [0.717, 1.165) is 103 Å². The summed E-state index contributed by atoms with van der Waals surface area (Å²) in [5.74, 6) is -3.94. The Morgan fingerprint density at radius 1 is 0.500 bits per heavy atom. The quantitative estimate of drug-likeness (QED) is 0.0265. The third-order valence-corrected chi connectivity index (χ3v) is 12.3. The fourth-order valence-corrected chi connectivity index (χ4v) is 8.36. The highest BCUT2D eigenvalue weighted by Crippen LogP contribution is 2.25. The van der Waals surface area contributed by atoms with Gasteiger partial charge in [-0.1, -0.05) is 156 Å². The number of hydrogen-bond donors (Lipinski definition) is 1. The van der Waals surface area contributed by atoms with Crippen molar-refractivity contribution in [2.75, 3.05) is 40.1 Å². The molecule has 396 valence electrons. The first-order valence-corrected chi connectivity index (χ1v) is 27.1. The van der Waals surface area contributed by atoms with Crippen LogP contribution in [0.25, 0.3) is 0 Å². The first kappa shape index (κ1) is 64.5. The molecule has 0 radical (unpaired) electrons. The molecule has 1 N–H and O–H groups in total. The van der Waals surface area contributed by atoms with Crippen LogP contribution in [-0.2, 0) is 57.2 Å². The molecule has 68 heavy (non-hydrogen) atoms. The van der Waals surface area contributed by atoms with Crippen LogP contribution in [0.2, 0.25) is 0 Å². The van der Waals surface area contributed by atoms with E-state index < -0.39 is 53.8 Å². The highest BCUT2D eigenvalue weighted by molar-refractivity contribution is 5.81. The van der Waals surface area contributed by atoms with Crippen LogP contribution in [0, 0.1) is 11.8 Å². The van der Waals surface area contributed by atoms with E-state index in [9.17, 15) is 33.6 Å². The average Bonchev–Trinajstić information content (AvgIpc) is 3.71. The summed E-state index contributed by atoms with van der Waals surface area (Å²) < 4.78 is 26.7. The Morgan fingerprint density at radius 2 is 0.868 bits per heavy atom. The van der Waals surface area contributed by atoms with Crippen molar-refractivity contribution in [2.24, 2.45) is 11.8 Å². The Morgan fingerprint density at radius 3 is 1.25 bits per heavy atom. The minimum atomic E-state index is -0.669. The van der Waals surface area contributed by atoms with Gasteiger partial charge in [0, 0.05) is 59.2 Å². The van der Waals surface area contributed by atoms with Gasteiger partial charge in [-0.25, -0.2) is 0 Å². The molecule has 0 spiro atoms. The lowest BCUT2D eigenvalue weighted by Crippen LogP contribution is -2.50. The molecule has 14 nitrogen and oxygen atoms in total. The van der Waals surface area contributed by atoms with E-state index in [0.29, 0.717) is 25.7 Å². The summed E-state index contributed by atoms with van der Waals surface area (Å²) in [5.41, 5.74) is 0. The number of nitrogens with zero attached hydrogens (tertiary/aromatic N) is 1. The number of methoxy groups -OCH3 is 1. The lowest BCUT2D eigenvalue weighted by molar-refractivity contribution is -0.151. The second-order valence-electron chi connectivity index (χ2n) is 18.8. The summed E-state index contributed by atoms with van der Waals surface area (Å²) in [6.45, 7) is 11.8. The van der Waals surface area contributed by atoms with Gasteiger partial charge in [-0.15, -0.1) is 0 Å². The Bertz CT molecular complexity index is 1270. The van der Waals surface area contributed by atoms with Gasteiger partial charge >= 0.3 is 23.9 Å². The van der Waals surface area contributed by atoms with E-state index in [1.54, 1.807) is 7.11 Å². The number of likely N-dealkylation sites (tertiary alicyclic amines) is 1. The van der Waals surface area contributed by atoms with E-state index in [1.165, 1.54) is 69.6 Å². The molecule has 1 aliphatic rings. The molecule has 0 saturated carbocycles. The van der Waals surface area contributed by atoms with Gasteiger partial charge in [0.25, 0.3) is 0 Å². The molecular formula is C54H98N2O12. The van der Waals surface area contributed by atoms with Crippen molar-refractivity contribution in [3.63, 3.8) is 0 Å². The molecule has 0 aromatic rings. The number of ether oxygens (including phenoxy) is 5. The summed E-state index contributed by atoms with van der Waals surface area (Å²) in [6, 6.07) is -0.497. The maximum absolute atomic E-state index is 13.4. The Balaban J connectivity index is 0.00000399. The molecule has 0 aliphatic carbocycles. The van der Waals surface area contributed by atoms with Crippen LogP contribution >= 0.6 is 0 Å². The zero-order valence-electron chi connectivity index (χ0n) is 43.9. The zero-order chi connectivity index (χ0) is 50.5. The smallest absolute Gasteiger partial charge is 0.306 e. The standard InChI is InChI=1S/C45H78N2O11.C9H20O/c1-5-8-11-14-17-20-27-55-42(51)31-37(25-26-48)32-45(54)58-35-39-23-24-40(47(39)36(4)49)46-41(50)30-38(33-43(52)56-28-21-18-15-12-9-6-2)34-44(53)57-29-22-19-16-13-10-7-3;1-3-4-5-6-7-8-9-10-2/h26,37-40H,5-25,27-35H2,1-4H3,(H,46,50);3-9H2,1-2H3. The second kappa shape index (κ2) is 45.9. The molecule has 1 saturated heterocycles. The van der Waals surface area contributed by atoms with Crippen LogP contribution in [0.4, 0.5) is 0 Å². The summed E-state index contributed by atoms with van der Waals surface area (Å²) in [4.78, 5) is 89.8. The molecule has 1 fully saturated rings. The number of amides is 2. The largest absolute Gasteiger partial charge is 0.466 e. The molecule has 3 unspecified atom stereocenters. The normalized spacial score (nSPS) is 14.7. The minimum absolute atomic E-state index is 0.00696. The van der Waals surface area contributed by atoms with Crippen LogP contribution in [0.3, 0.4) is 0 Å². The summed E-state index contributed by atoms with van der Waals surface area (Å²) >= 11 is 0. The van der Waals surface area contributed by atoms with E-state index in [-0.39, 0.29) is 64.3 Å². The van der Waals surface area contributed by atoms with E-state index in [1.807, 2.05) is 0 Å². The summed E-state index contributed by atoms with van der Waals surface area (Å²) in [7, 11) is 1.77. The van der Waals surface area contributed by atoms with Crippen molar-refractivity contribution in [1.82, 2.24) is 10.2 Å². The number of carbonyl (C=O) groups is 7. The lowest BCUT2D eigenvalue weighted by Gasteiger charge is -2.30. The van der Waals surface area contributed by atoms with Crippen molar-refractivity contribution in [2.45, 2.75) is 252 Å². The van der Waals surface area contributed by atoms with Gasteiger partial charge in [0.05, 0.1) is 25.9 Å². The lowest BCUT2D eigenvalue weighted by atomic mass is 9.97. The fraction of sp³-hybridized carbons (Fsp3) is 0.870. The van der Waals surface area contributed by atoms with Crippen LogP contribution in [0.15, 0.2) is 0 Å². The molecule has 1 rings (SSSR count). The molecular weight excluding hydrogens is 869 g/mol. The van der Waals surface area contributed by atoms with E-state index in [2.05, 4.69) is 33.0 Å². The minimum Gasteiger partial charge on any atom is -0.466 e. The third-order valence-electron chi connectivity index (χ3n) is 12.3. The Kier molecular flexibility index (Phi) is 43.5. The third kappa shape index (κ3) is 37.4. The highest BCUT2D eigenvalue weighted by atomic mass is 16.5. The zero-order valence-corrected chi connectivity index (χ0v) is 43.9. The number of aldehydes is 1. The van der Waals surface area contributed by atoms with Gasteiger partial charge in [-0.2, -0.15) is 0 Å². The summed E-state index contributed by atoms with van der Waals surface area (Å²) in [6.07, 6.45) is 27.3. The van der Waals surface area contributed by atoms with Gasteiger partial charge in [-0.05, 0) is 50.4 Å². The second-order valence-corrected chi connectivity index (χ2v) is 18.8. The number of nitrogens with one attached hydrogen (secondary N) is 1. The first-order chi connectivity index (χ1) is 32.9. The Labute approximate surface area is 412 Å². The van der Waals surface area contributed by atoms with Crippen LogP contribution < -0.4 is 5.32 Å². The van der Waals surface area contributed by atoms with Gasteiger partial charge in [0.15, 0.2) is 0 Å². The average molecular weight is 967 g/mol. The molecule has 2 amide bonds. The monoisotopic (exact) mass is 967 g/mol. The molecule has 1 heterocycles. The van der Waals surface area contributed by atoms with Crippen molar-refractivity contribution in [3.05, 3.63) is 0 Å². The van der Waals surface area contributed by atoms with Gasteiger partial charge in [-0.3, -0.25) is 28.8 Å². The molecule has 0 bridgehead atoms. The Hall–Kier alpha value is -3.55. The summed E-state index contributed by atoms with van der Waals surface area (Å²) in [5, 5.41) is 2.89. The van der Waals surface area contributed by atoms with Crippen molar-refractivity contribution in [1.29, 1.82) is 0 Å². The number of rotatable bonds is 43. The van der Waals surface area contributed by atoms with E-state index >= 15 is 0 Å². The maximum Gasteiger partial charge on any atom is 0.306 e. The van der Waals surface area contributed by atoms with Gasteiger partial charge < -0.3 is 38.7 Å². The van der Waals surface area contributed by atoms with Gasteiger partial charge in [0.1, 0.15) is 19.1 Å². The predicted molar refractivity (Wildman–Crippen MR) is 267 cm³/mol. The van der Waals surface area contributed by atoms with Crippen LogP contribution in [0.1, 0.15) is 240 Å². The van der Waals surface area contributed by atoms with E-state index in [4.69, 9.17) is 23.7 Å². The number of carbonyl (C=O) groups excluding carboxylic acids is 7. The number of hydrogen-bond acceptors (Lipinski definition) is 12. The van der Waals surface area contributed by atoms with Crippen LogP contribution in [-0.4, -0.2) is 99.2 Å². The van der Waals surface area contributed by atoms with Crippen molar-refractivity contribution >= 4 is 42.0 Å². The molecule has 0 aromatic carbocycles. The number of unbranched alkanes of at least 4 members (excludes halogenated alkanes) is 20. The molecule has 0 aromatic heterocycles. The predicted octanol–water partition coefficient (Wildman–Crippen LogP) is 11.5. The molecule has 14 heteroatoms. The highest BCUT2D eigenvalue weighted by Gasteiger charge is 2.37. The number of esters is 4. The first-order valence-electron chi connectivity index (χ1n) is 27.1. The molecule has 3 atom stereocenters. The molecule has 1 aliphatic heterocycles. The van der Waals surface area contributed by atoms with Crippen LogP contribution in [0.5, 0.6) is 0 Å². The van der Waals surface area contributed by atoms with Gasteiger partial charge in [0.2, 0.25) is 11.8 Å². The maximum atomic E-state index is 13.4. The fourth-order valence-electron chi connectivity index (χ4n) is 8.36. The SMILES string of the molecule is CCCCCCCCOC.CCCCCCCCOC(=O)CC(CC=O)CC(=O)OCC1CCC(NC(=O)CC(CC(=O)OCCCCCCCC)CC(=O)OCCCCCCCC)N1C(C)=O. The van der Waals surface area contributed by atoms with Crippen molar-refractivity contribution < 1.29 is 57.2 Å². The topological polar surface area (TPSA) is 181 Å².